The maximum atomic E-state index is 12.9. The molecule has 0 radical (unpaired) electrons. The Bertz CT molecular complexity index is 222. The minimum absolute atomic E-state index is 0.00788. The van der Waals surface area contributed by atoms with Crippen LogP contribution in [0.3, 0.4) is 0 Å². The molecule has 2 nitrogen and oxygen atoms in total. The highest BCUT2D eigenvalue weighted by Gasteiger charge is 2.43. The summed E-state index contributed by atoms with van der Waals surface area (Å²) < 4.78 is 38.7. The van der Waals surface area contributed by atoms with Crippen molar-refractivity contribution in [2.45, 2.75) is 57.3 Å². The van der Waals surface area contributed by atoms with Crippen molar-refractivity contribution in [2.24, 2.45) is 11.7 Å². The summed E-state index contributed by atoms with van der Waals surface area (Å²) in [6.45, 7) is 2.25. The van der Waals surface area contributed by atoms with E-state index in [9.17, 15) is 13.2 Å². The van der Waals surface area contributed by atoms with Crippen molar-refractivity contribution in [2.75, 3.05) is 13.6 Å². The molecule has 0 spiro atoms. The third-order valence-corrected chi connectivity index (χ3v) is 3.87. The molecule has 1 rings (SSSR count). The lowest BCUT2D eigenvalue weighted by atomic mass is 9.86. The Morgan fingerprint density at radius 1 is 1.24 bits per heavy atom. The standard InChI is InChI=1S/C12H23F3N2/c1-9-3-5-10(6-4-9)17(2)11(7-8-16)12(13,14)15/h9-11H,3-8,16H2,1-2H3. The summed E-state index contributed by atoms with van der Waals surface area (Å²) in [5, 5.41) is 0. The van der Waals surface area contributed by atoms with E-state index in [0.29, 0.717) is 5.92 Å². The normalized spacial score (nSPS) is 28.4. The Labute approximate surface area is 101 Å². The Kier molecular flexibility index (Phi) is 5.25. The largest absolute Gasteiger partial charge is 0.404 e. The van der Waals surface area contributed by atoms with Gasteiger partial charge in [0, 0.05) is 6.04 Å². The third-order valence-electron chi connectivity index (χ3n) is 3.87. The van der Waals surface area contributed by atoms with E-state index in [4.69, 9.17) is 5.73 Å². The van der Waals surface area contributed by atoms with Crippen molar-refractivity contribution in [3.63, 3.8) is 0 Å². The molecule has 0 aromatic heterocycles. The molecule has 17 heavy (non-hydrogen) atoms. The molecule has 1 aliphatic rings. The van der Waals surface area contributed by atoms with Crippen LogP contribution in [0.1, 0.15) is 39.0 Å². The first-order valence-electron chi connectivity index (χ1n) is 6.35. The first-order chi connectivity index (χ1) is 7.86. The van der Waals surface area contributed by atoms with Crippen LogP contribution in [0, 0.1) is 5.92 Å². The lowest BCUT2D eigenvalue weighted by molar-refractivity contribution is -0.188. The topological polar surface area (TPSA) is 29.3 Å². The van der Waals surface area contributed by atoms with Crippen molar-refractivity contribution in [1.29, 1.82) is 0 Å². The highest BCUT2D eigenvalue weighted by molar-refractivity contribution is 4.85. The van der Waals surface area contributed by atoms with Gasteiger partial charge in [0.1, 0.15) is 6.04 Å². The number of hydrogen-bond donors (Lipinski definition) is 1. The molecular formula is C12H23F3N2. The van der Waals surface area contributed by atoms with Crippen LogP contribution in [0.4, 0.5) is 13.2 Å². The first-order valence-corrected chi connectivity index (χ1v) is 6.35. The van der Waals surface area contributed by atoms with E-state index >= 15 is 0 Å². The van der Waals surface area contributed by atoms with Crippen LogP contribution >= 0.6 is 0 Å². The van der Waals surface area contributed by atoms with E-state index in [1.165, 1.54) is 4.90 Å². The molecule has 1 atom stereocenters. The second-order valence-corrected chi connectivity index (χ2v) is 5.21. The Morgan fingerprint density at radius 3 is 2.18 bits per heavy atom. The average Bonchev–Trinajstić information content (AvgIpc) is 2.24. The lowest BCUT2D eigenvalue weighted by Gasteiger charge is -2.39. The molecule has 0 aromatic rings. The van der Waals surface area contributed by atoms with Crippen LogP contribution in [-0.4, -0.2) is 36.8 Å². The summed E-state index contributed by atoms with van der Waals surface area (Å²) in [6.07, 6.45) is -0.378. The van der Waals surface area contributed by atoms with E-state index in [1.807, 2.05) is 0 Å². The predicted molar refractivity (Wildman–Crippen MR) is 62.7 cm³/mol. The van der Waals surface area contributed by atoms with Crippen molar-refractivity contribution >= 4 is 0 Å². The van der Waals surface area contributed by atoms with Gasteiger partial charge < -0.3 is 5.73 Å². The van der Waals surface area contributed by atoms with Crippen molar-refractivity contribution in [1.82, 2.24) is 4.90 Å². The molecule has 1 unspecified atom stereocenters. The van der Waals surface area contributed by atoms with E-state index in [2.05, 4.69) is 6.92 Å². The van der Waals surface area contributed by atoms with Gasteiger partial charge in [-0.15, -0.1) is 0 Å². The first kappa shape index (κ1) is 14.8. The fraction of sp³-hybridized carbons (Fsp3) is 1.00. The lowest BCUT2D eigenvalue weighted by Crippen LogP contribution is -2.50. The smallest absolute Gasteiger partial charge is 0.330 e. The predicted octanol–water partition coefficient (Wildman–Crippen LogP) is 2.78. The molecule has 0 aliphatic heterocycles. The summed E-state index contributed by atoms with van der Waals surface area (Å²) in [5.74, 6) is 0.651. The Balaban J connectivity index is 2.61. The fourth-order valence-corrected chi connectivity index (χ4v) is 2.66. The second kappa shape index (κ2) is 6.05. The van der Waals surface area contributed by atoms with E-state index in [0.717, 1.165) is 25.7 Å². The Morgan fingerprint density at radius 2 is 1.76 bits per heavy atom. The van der Waals surface area contributed by atoms with E-state index < -0.39 is 12.2 Å². The molecule has 0 aromatic carbocycles. The van der Waals surface area contributed by atoms with Gasteiger partial charge in [-0.1, -0.05) is 6.92 Å². The zero-order valence-corrected chi connectivity index (χ0v) is 10.6. The highest BCUT2D eigenvalue weighted by atomic mass is 19.4. The zero-order valence-electron chi connectivity index (χ0n) is 10.6. The van der Waals surface area contributed by atoms with Crippen LogP contribution in [-0.2, 0) is 0 Å². The molecule has 0 amide bonds. The van der Waals surface area contributed by atoms with Crippen LogP contribution < -0.4 is 5.73 Å². The maximum absolute atomic E-state index is 12.9. The molecular weight excluding hydrogens is 229 g/mol. The average molecular weight is 252 g/mol. The third kappa shape index (κ3) is 4.14. The summed E-state index contributed by atoms with van der Waals surface area (Å²) in [4.78, 5) is 1.50. The molecule has 0 saturated heterocycles. The molecule has 0 bridgehead atoms. The number of rotatable bonds is 4. The van der Waals surface area contributed by atoms with Gasteiger partial charge in [-0.05, 0) is 51.6 Å². The number of alkyl halides is 3. The molecule has 0 heterocycles. The molecule has 1 saturated carbocycles. The van der Waals surface area contributed by atoms with Gasteiger partial charge in [0.2, 0.25) is 0 Å². The number of nitrogens with two attached hydrogens (primary N) is 1. The number of hydrogen-bond acceptors (Lipinski definition) is 2. The molecule has 102 valence electrons. The maximum Gasteiger partial charge on any atom is 0.404 e. The van der Waals surface area contributed by atoms with E-state index in [-0.39, 0.29) is 19.0 Å². The van der Waals surface area contributed by atoms with Crippen molar-refractivity contribution in [3.05, 3.63) is 0 Å². The second-order valence-electron chi connectivity index (χ2n) is 5.21. The number of nitrogens with zero attached hydrogens (tertiary/aromatic N) is 1. The van der Waals surface area contributed by atoms with E-state index in [1.54, 1.807) is 7.05 Å². The molecule has 1 aliphatic carbocycles. The summed E-state index contributed by atoms with van der Waals surface area (Å²) in [6, 6.07) is -1.32. The van der Waals surface area contributed by atoms with Gasteiger partial charge in [-0.2, -0.15) is 13.2 Å². The zero-order chi connectivity index (χ0) is 13.1. The van der Waals surface area contributed by atoms with Gasteiger partial charge in [0.15, 0.2) is 0 Å². The molecule has 2 N–H and O–H groups in total. The highest BCUT2D eigenvalue weighted by Crippen LogP contribution is 2.33. The Hall–Kier alpha value is -0.290. The molecule has 5 heteroatoms. The summed E-state index contributed by atoms with van der Waals surface area (Å²) in [7, 11) is 1.59. The van der Waals surface area contributed by atoms with Gasteiger partial charge in [0.05, 0.1) is 0 Å². The van der Waals surface area contributed by atoms with Crippen LogP contribution in [0.15, 0.2) is 0 Å². The van der Waals surface area contributed by atoms with Crippen LogP contribution in [0.2, 0.25) is 0 Å². The fourth-order valence-electron chi connectivity index (χ4n) is 2.66. The van der Waals surface area contributed by atoms with Crippen LogP contribution in [0.25, 0.3) is 0 Å². The number of halogens is 3. The minimum Gasteiger partial charge on any atom is -0.330 e. The quantitative estimate of drug-likeness (QED) is 0.833. The van der Waals surface area contributed by atoms with Crippen LogP contribution in [0.5, 0.6) is 0 Å². The summed E-state index contributed by atoms with van der Waals surface area (Å²) >= 11 is 0. The summed E-state index contributed by atoms with van der Waals surface area (Å²) in [5.41, 5.74) is 5.29. The van der Waals surface area contributed by atoms with Gasteiger partial charge in [0.25, 0.3) is 0 Å². The molecule has 1 fully saturated rings. The van der Waals surface area contributed by atoms with Gasteiger partial charge in [-0.3, -0.25) is 4.90 Å². The minimum atomic E-state index is -4.17. The SMILES string of the molecule is CC1CCC(N(C)C(CCN)C(F)(F)F)CC1. The van der Waals surface area contributed by atoms with Gasteiger partial charge >= 0.3 is 6.18 Å². The van der Waals surface area contributed by atoms with Crippen molar-refractivity contribution < 1.29 is 13.2 Å². The van der Waals surface area contributed by atoms with Gasteiger partial charge in [-0.25, -0.2) is 0 Å². The van der Waals surface area contributed by atoms with Crippen molar-refractivity contribution in [3.8, 4) is 0 Å². The monoisotopic (exact) mass is 252 g/mol.